The van der Waals surface area contributed by atoms with Gasteiger partial charge in [0.25, 0.3) is 0 Å². The zero-order chi connectivity index (χ0) is 24.2. The van der Waals surface area contributed by atoms with E-state index < -0.39 is 21.2 Å². The van der Waals surface area contributed by atoms with Crippen molar-refractivity contribution in [2.45, 2.75) is 38.0 Å². The van der Waals surface area contributed by atoms with Gasteiger partial charge in [0.1, 0.15) is 11.5 Å². The van der Waals surface area contributed by atoms with Crippen LogP contribution in [-0.2, 0) is 14.8 Å². The number of nitrogens with one attached hydrogen (secondary N) is 1. The van der Waals surface area contributed by atoms with Crippen LogP contribution < -0.4 is 9.46 Å². The summed E-state index contributed by atoms with van der Waals surface area (Å²) in [5, 5.41) is 7.79. The smallest absolute Gasteiger partial charge is 0.238 e. The van der Waals surface area contributed by atoms with Crippen LogP contribution in [0.3, 0.4) is 0 Å². The summed E-state index contributed by atoms with van der Waals surface area (Å²) in [5.74, 6) is 0.682. The van der Waals surface area contributed by atoms with E-state index in [1.165, 1.54) is 19.5 Å². The molecule has 0 aliphatic heterocycles. The number of aromatic nitrogens is 6. The molecule has 33 heavy (non-hydrogen) atoms. The summed E-state index contributed by atoms with van der Waals surface area (Å²) >= 11 is 5.84. The molecular formula is C20H26ClN7O4S. The average molecular weight is 496 g/mol. The number of sulfonamides is 1. The van der Waals surface area contributed by atoms with Crippen molar-refractivity contribution >= 4 is 27.6 Å². The van der Waals surface area contributed by atoms with Crippen LogP contribution in [0.2, 0.25) is 5.02 Å². The Bertz CT molecular complexity index is 1190. The van der Waals surface area contributed by atoms with Gasteiger partial charge in [-0.3, -0.25) is 9.29 Å². The monoisotopic (exact) mass is 495 g/mol. The summed E-state index contributed by atoms with van der Waals surface area (Å²) in [6.45, 7) is 5.47. The molecule has 0 aliphatic carbocycles. The van der Waals surface area contributed by atoms with E-state index in [-0.39, 0.29) is 12.0 Å². The van der Waals surface area contributed by atoms with E-state index in [9.17, 15) is 8.42 Å². The van der Waals surface area contributed by atoms with Crippen molar-refractivity contribution in [1.82, 2.24) is 29.7 Å². The van der Waals surface area contributed by atoms with E-state index in [1.54, 1.807) is 43.7 Å². The minimum absolute atomic E-state index is 0.0512. The predicted octanol–water partition coefficient (Wildman–Crippen LogP) is 2.93. The second kappa shape index (κ2) is 10.4. The molecule has 0 unspecified atom stereocenters. The Morgan fingerprint density at radius 3 is 2.45 bits per heavy atom. The van der Waals surface area contributed by atoms with Crippen molar-refractivity contribution in [3.63, 3.8) is 0 Å². The van der Waals surface area contributed by atoms with E-state index >= 15 is 0 Å². The third-order valence-electron chi connectivity index (χ3n) is 5.18. The molecule has 0 aliphatic rings. The number of pyridine rings is 1. The first-order valence-electron chi connectivity index (χ1n) is 10.1. The molecule has 13 heteroatoms. The minimum atomic E-state index is -3.90. The molecule has 11 nitrogen and oxygen atoms in total. The Balaban J connectivity index is 1.96. The molecule has 0 saturated carbocycles. The Labute approximate surface area is 197 Å². The van der Waals surface area contributed by atoms with Crippen molar-refractivity contribution in [2.24, 2.45) is 0 Å². The third-order valence-corrected chi connectivity index (χ3v) is 7.23. The molecule has 0 aromatic carbocycles. The lowest BCUT2D eigenvalue weighted by Crippen LogP contribution is -2.32. The van der Waals surface area contributed by atoms with Crippen molar-refractivity contribution in [3.05, 3.63) is 41.4 Å². The van der Waals surface area contributed by atoms with Gasteiger partial charge in [0, 0.05) is 31.5 Å². The van der Waals surface area contributed by atoms with Crippen molar-refractivity contribution in [2.75, 3.05) is 25.5 Å². The normalized spacial score (nSPS) is 14.5. The third kappa shape index (κ3) is 5.57. The maximum Gasteiger partial charge on any atom is 0.238 e. The molecule has 0 amide bonds. The van der Waals surface area contributed by atoms with Gasteiger partial charge >= 0.3 is 0 Å². The lowest BCUT2D eigenvalue weighted by Gasteiger charge is -2.22. The Kier molecular flexibility index (Phi) is 7.82. The summed E-state index contributed by atoms with van der Waals surface area (Å²) in [6.07, 6.45) is 2.87. The summed E-state index contributed by atoms with van der Waals surface area (Å²) in [6, 6.07) is 4.91. The number of hydrogen-bond donors (Lipinski definition) is 1. The highest BCUT2D eigenvalue weighted by Gasteiger charge is 2.32. The molecule has 178 valence electrons. The fourth-order valence-electron chi connectivity index (χ4n) is 3.18. The van der Waals surface area contributed by atoms with Crippen molar-refractivity contribution in [3.8, 4) is 17.4 Å². The summed E-state index contributed by atoms with van der Waals surface area (Å²) in [7, 11) is -0.825. The molecule has 0 fully saturated rings. The van der Waals surface area contributed by atoms with Crippen LogP contribution in [0.5, 0.6) is 5.88 Å². The van der Waals surface area contributed by atoms with E-state index in [0.717, 1.165) is 0 Å². The highest BCUT2D eigenvalue weighted by atomic mass is 35.5. The lowest BCUT2D eigenvalue weighted by molar-refractivity contribution is 0.163. The Morgan fingerprint density at radius 2 is 1.82 bits per heavy atom. The first kappa shape index (κ1) is 24.8. The van der Waals surface area contributed by atoms with Crippen LogP contribution in [0.15, 0.2) is 30.6 Å². The molecule has 0 spiro atoms. The van der Waals surface area contributed by atoms with Gasteiger partial charge in [0.05, 0.1) is 30.0 Å². The maximum atomic E-state index is 13.2. The molecule has 0 radical (unpaired) electrons. The van der Waals surface area contributed by atoms with Gasteiger partial charge < -0.3 is 9.47 Å². The van der Waals surface area contributed by atoms with Crippen LogP contribution in [0.1, 0.15) is 38.6 Å². The zero-order valence-corrected chi connectivity index (χ0v) is 20.5. The van der Waals surface area contributed by atoms with Crippen LogP contribution >= 0.6 is 11.6 Å². The second-order valence-electron chi connectivity index (χ2n) is 7.49. The van der Waals surface area contributed by atoms with Gasteiger partial charge in [-0.05, 0) is 19.9 Å². The van der Waals surface area contributed by atoms with Crippen molar-refractivity contribution in [1.29, 1.82) is 0 Å². The molecule has 1 N–H and O–H groups in total. The van der Waals surface area contributed by atoms with Crippen LogP contribution in [0.4, 0.5) is 5.95 Å². The summed E-state index contributed by atoms with van der Waals surface area (Å²) < 4.78 is 41.1. The first-order valence-corrected chi connectivity index (χ1v) is 12.0. The van der Waals surface area contributed by atoms with E-state index in [0.29, 0.717) is 34.9 Å². The largest absolute Gasteiger partial charge is 0.481 e. The van der Waals surface area contributed by atoms with E-state index in [2.05, 4.69) is 29.9 Å². The van der Waals surface area contributed by atoms with Crippen LogP contribution in [0.25, 0.3) is 11.5 Å². The molecule has 3 atom stereocenters. The quantitative estimate of drug-likeness (QED) is 0.450. The van der Waals surface area contributed by atoms with Gasteiger partial charge in [0.15, 0.2) is 5.82 Å². The van der Waals surface area contributed by atoms with Gasteiger partial charge in [-0.2, -0.15) is 0 Å². The van der Waals surface area contributed by atoms with Gasteiger partial charge in [0.2, 0.25) is 21.9 Å². The lowest BCUT2D eigenvalue weighted by atomic mass is 10.1. The van der Waals surface area contributed by atoms with Crippen LogP contribution in [-0.4, -0.2) is 64.2 Å². The van der Waals surface area contributed by atoms with E-state index in [1.807, 2.05) is 6.92 Å². The fraction of sp³-hybridized carbons (Fsp3) is 0.450. The number of hydrogen-bond acceptors (Lipinski definition) is 9. The maximum absolute atomic E-state index is 13.2. The number of halogens is 1. The van der Waals surface area contributed by atoms with Crippen molar-refractivity contribution < 1.29 is 17.9 Å². The molecule has 0 saturated heterocycles. The fourth-order valence-corrected chi connectivity index (χ4v) is 4.51. The van der Waals surface area contributed by atoms with Gasteiger partial charge in [-0.25, -0.2) is 23.4 Å². The highest BCUT2D eigenvalue weighted by Crippen LogP contribution is 2.28. The van der Waals surface area contributed by atoms with Gasteiger partial charge in [-0.1, -0.05) is 24.6 Å². The topological polar surface area (TPSA) is 134 Å². The second-order valence-corrected chi connectivity index (χ2v) is 9.96. The number of methoxy groups -OCH3 is 2. The van der Waals surface area contributed by atoms with E-state index in [4.69, 9.17) is 21.1 Å². The standard InChI is InChI=1S/C20H26ClN7O4S/c1-12(11-31-4)28-19(16-7-6-8-17(24-16)32-5)25-26-20(28)27-33(29,30)14(3)13(2)18-22-9-15(21)10-23-18/h6-10,12-14H,11H2,1-5H3,(H,26,27)/t12-,13-,14-/m0/s1. The predicted molar refractivity (Wildman–Crippen MR) is 124 cm³/mol. The minimum Gasteiger partial charge on any atom is -0.481 e. The summed E-state index contributed by atoms with van der Waals surface area (Å²) in [4.78, 5) is 12.7. The Morgan fingerprint density at radius 1 is 1.12 bits per heavy atom. The molecule has 3 heterocycles. The Hall–Kier alpha value is -2.83. The number of nitrogens with zero attached hydrogens (tertiary/aromatic N) is 6. The summed E-state index contributed by atoms with van der Waals surface area (Å²) in [5.41, 5.74) is 0.478. The highest BCUT2D eigenvalue weighted by molar-refractivity contribution is 7.93. The van der Waals surface area contributed by atoms with Gasteiger partial charge in [-0.15, -0.1) is 10.2 Å². The molecule has 0 bridgehead atoms. The number of anilines is 1. The molecular weight excluding hydrogens is 470 g/mol. The zero-order valence-electron chi connectivity index (χ0n) is 18.9. The van der Waals surface area contributed by atoms with Crippen LogP contribution in [0, 0.1) is 0 Å². The average Bonchev–Trinajstić information content (AvgIpc) is 3.21. The first-order chi connectivity index (χ1) is 15.7. The number of ether oxygens (including phenoxy) is 2. The SMILES string of the molecule is COC[C@H](C)n1c(NS(=O)(=O)[C@@H](C)[C@H](C)c2ncc(Cl)cn2)nnc1-c1cccc(OC)n1. The molecule has 3 aromatic heterocycles. The molecule has 3 rings (SSSR count). The number of rotatable bonds is 10. The molecule has 3 aromatic rings.